The Balaban J connectivity index is 1.95. The number of amidine groups is 1. The van der Waals surface area contributed by atoms with E-state index in [0.717, 1.165) is 18.1 Å². The van der Waals surface area contributed by atoms with Crippen molar-refractivity contribution in [3.8, 4) is 0 Å². The van der Waals surface area contributed by atoms with Crippen molar-refractivity contribution in [1.82, 2.24) is 0 Å². The van der Waals surface area contributed by atoms with E-state index in [4.69, 9.17) is 5.73 Å². The van der Waals surface area contributed by atoms with E-state index in [9.17, 15) is 0 Å². The third-order valence-electron chi connectivity index (χ3n) is 3.50. The molecule has 0 radical (unpaired) electrons. The minimum absolute atomic E-state index is 0.363. The Labute approximate surface area is 101 Å². The zero-order chi connectivity index (χ0) is 11.8. The van der Waals surface area contributed by atoms with E-state index in [2.05, 4.69) is 41.4 Å². The van der Waals surface area contributed by atoms with Gasteiger partial charge in [0.25, 0.3) is 0 Å². The number of rotatable bonds is 2. The second-order valence-electron chi connectivity index (χ2n) is 5.08. The number of hydrogen-bond acceptors (Lipinski definition) is 3. The van der Waals surface area contributed by atoms with Gasteiger partial charge in [0.15, 0.2) is 0 Å². The highest BCUT2D eigenvalue weighted by atomic mass is 15.2. The Morgan fingerprint density at radius 3 is 2.76 bits per heavy atom. The van der Waals surface area contributed by atoms with E-state index in [1.54, 1.807) is 0 Å². The van der Waals surface area contributed by atoms with Crippen LogP contribution < -0.4 is 5.73 Å². The van der Waals surface area contributed by atoms with Crippen LogP contribution in [0.2, 0.25) is 0 Å². The van der Waals surface area contributed by atoms with E-state index in [-0.39, 0.29) is 0 Å². The first-order valence-corrected chi connectivity index (χ1v) is 6.24. The molecule has 1 atom stereocenters. The first-order chi connectivity index (χ1) is 8.24. The van der Waals surface area contributed by atoms with E-state index >= 15 is 0 Å². The van der Waals surface area contributed by atoms with Crippen molar-refractivity contribution in [3.63, 3.8) is 0 Å². The highest BCUT2D eigenvalue weighted by molar-refractivity contribution is 6.05. The summed E-state index contributed by atoms with van der Waals surface area (Å²) in [6, 6.07) is 8.73. The molecule has 3 nitrogen and oxygen atoms in total. The maximum absolute atomic E-state index is 5.70. The molecule has 2 N–H and O–H groups in total. The van der Waals surface area contributed by atoms with Crippen molar-refractivity contribution in [3.05, 3.63) is 35.4 Å². The van der Waals surface area contributed by atoms with Crippen LogP contribution in [-0.2, 0) is 0 Å². The van der Waals surface area contributed by atoms with Gasteiger partial charge in [-0.05, 0) is 36.0 Å². The van der Waals surface area contributed by atoms with Crippen molar-refractivity contribution in [1.29, 1.82) is 0 Å². The summed E-state index contributed by atoms with van der Waals surface area (Å²) in [4.78, 5) is 0. The van der Waals surface area contributed by atoms with Gasteiger partial charge in [0, 0.05) is 12.3 Å². The number of nitrogens with two attached hydrogens (primary N) is 1. The van der Waals surface area contributed by atoms with E-state index in [1.165, 1.54) is 24.0 Å². The Morgan fingerprint density at radius 2 is 2.06 bits per heavy atom. The highest BCUT2D eigenvalue weighted by Gasteiger charge is 2.25. The van der Waals surface area contributed by atoms with E-state index in [1.807, 2.05) is 0 Å². The lowest BCUT2D eigenvalue weighted by Crippen LogP contribution is -2.25. The molecule has 1 aromatic rings. The van der Waals surface area contributed by atoms with Crippen LogP contribution in [-0.4, -0.2) is 11.5 Å². The summed E-state index contributed by atoms with van der Waals surface area (Å²) < 4.78 is 0. The summed E-state index contributed by atoms with van der Waals surface area (Å²) in [7, 11) is 0. The molecule has 1 aliphatic carbocycles. The van der Waals surface area contributed by atoms with Gasteiger partial charge in [0.2, 0.25) is 0 Å². The van der Waals surface area contributed by atoms with Crippen LogP contribution >= 0.6 is 0 Å². The van der Waals surface area contributed by atoms with Crippen LogP contribution in [0.15, 0.2) is 34.5 Å². The molecule has 2 aliphatic rings. The number of nitrogens with zero attached hydrogens (tertiary/aromatic N) is 2. The SMILES string of the molecule is CC1CC(N)=NN=C1c1cccc(C2CC2)c1. The standard InChI is InChI=1S/C14H17N3/c1-9-7-13(15)16-17-14(9)12-4-2-3-11(8-12)10-5-6-10/h2-4,8-10H,5-7H2,1H3,(H2,15,16). The van der Waals surface area contributed by atoms with Crippen LogP contribution in [0.5, 0.6) is 0 Å². The second-order valence-corrected chi connectivity index (χ2v) is 5.08. The van der Waals surface area contributed by atoms with Gasteiger partial charge in [-0.15, -0.1) is 5.10 Å². The zero-order valence-corrected chi connectivity index (χ0v) is 10.1. The molecule has 0 bridgehead atoms. The predicted octanol–water partition coefficient (Wildman–Crippen LogP) is 2.67. The van der Waals surface area contributed by atoms with Crippen LogP contribution in [0.1, 0.15) is 43.2 Å². The van der Waals surface area contributed by atoms with Crippen LogP contribution in [0.25, 0.3) is 0 Å². The molecule has 88 valence electrons. The lowest BCUT2D eigenvalue weighted by molar-refractivity contribution is 0.783. The van der Waals surface area contributed by atoms with Crippen molar-refractivity contribution in [2.75, 3.05) is 0 Å². The van der Waals surface area contributed by atoms with Gasteiger partial charge >= 0.3 is 0 Å². The quantitative estimate of drug-likeness (QED) is 0.829. The van der Waals surface area contributed by atoms with Crippen molar-refractivity contribution < 1.29 is 0 Å². The molecule has 3 heteroatoms. The average Bonchev–Trinajstić information content (AvgIpc) is 3.13. The summed E-state index contributed by atoms with van der Waals surface area (Å²) in [5, 5.41) is 8.27. The fraction of sp³-hybridized carbons (Fsp3) is 0.429. The minimum Gasteiger partial charge on any atom is -0.386 e. The molecule has 0 spiro atoms. The Morgan fingerprint density at radius 1 is 1.24 bits per heavy atom. The monoisotopic (exact) mass is 227 g/mol. The topological polar surface area (TPSA) is 50.7 Å². The normalized spacial score (nSPS) is 24.2. The van der Waals surface area contributed by atoms with Gasteiger partial charge in [0.05, 0.1) is 5.71 Å². The molecule has 1 aromatic carbocycles. The Kier molecular flexibility index (Phi) is 2.46. The van der Waals surface area contributed by atoms with Crippen molar-refractivity contribution in [2.45, 2.75) is 32.1 Å². The van der Waals surface area contributed by atoms with Gasteiger partial charge in [-0.25, -0.2) is 0 Å². The van der Waals surface area contributed by atoms with Gasteiger partial charge in [-0.2, -0.15) is 5.10 Å². The first kappa shape index (κ1) is 10.5. The largest absolute Gasteiger partial charge is 0.386 e. The Bertz CT molecular complexity index is 498. The lowest BCUT2D eigenvalue weighted by Gasteiger charge is -2.17. The second kappa shape index (κ2) is 3.99. The van der Waals surface area contributed by atoms with Crippen LogP contribution in [0.4, 0.5) is 0 Å². The summed E-state index contributed by atoms with van der Waals surface area (Å²) >= 11 is 0. The molecule has 1 saturated carbocycles. The summed E-state index contributed by atoms with van der Waals surface area (Å²) in [6.07, 6.45) is 3.47. The Hall–Kier alpha value is -1.64. The smallest absolute Gasteiger partial charge is 0.123 e. The van der Waals surface area contributed by atoms with Crippen molar-refractivity contribution in [2.24, 2.45) is 21.9 Å². The van der Waals surface area contributed by atoms with Gasteiger partial charge in [-0.1, -0.05) is 25.1 Å². The predicted molar refractivity (Wildman–Crippen MR) is 70.4 cm³/mol. The molecule has 1 unspecified atom stereocenters. The highest BCUT2D eigenvalue weighted by Crippen LogP contribution is 2.40. The average molecular weight is 227 g/mol. The minimum atomic E-state index is 0.363. The maximum Gasteiger partial charge on any atom is 0.123 e. The molecule has 1 heterocycles. The van der Waals surface area contributed by atoms with E-state index < -0.39 is 0 Å². The maximum atomic E-state index is 5.70. The first-order valence-electron chi connectivity index (χ1n) is 6.24. The van der Waals surface area contributed by atoms with Crippen molar-refractivity contribution >= 4 is 11.5 Å². The molecule has 17 heavy (non-hydrogen) atoms. The fourth-order valence-corrected chi connectivity index (χ4v) is 2.38. The fourth-order valence-electron chi connectivity index (χ4n) is 2.38. The molecular formula is C14H17N3. The summed E-state index contributed by atoms with van der Waals surface area (Å²) in [6.45, 7) is 2.16. The third-order valence-corrected chi connectivity index (χ3v) is 3.50. The molecule has 1 aliphatic heterocycles. The number of hydrogen-bond donors (Lipinski definition) is 1. The zero-order valence-electron chi connectivity index (χ0n) is 10.1. The molecular weight excluding hydrogens is 210 g/mol. The molecule has 3 rings (SSSR count). The lowest BCUT2D eigenvalue weighted by atomic mass is 9.93. The van der Waals surface area contributed by atoms with Gasteiger partial charge in [0.1, 0.15) is 5.84 Å². The molecule has 0 aromatic heterocycles. The molecule has 0 amide bonds. The summed E-state index contributed by atoms with van der Waals surface area (Å²) in [5.41, 5.74) is 9.42. The van der Waals surface area contributed by atoms with Crippen LogP contribution in [0.3, 0.4) is 0 Å². The van der Waals surface area contributed by atoms with Gasteiger partial charge < -0.3 is 5.73 Å². The molecule has 0 saturated heterocycles. The number of benzene rings is 1. The molecule has 1 fully saturated rings. The van der Waals surface area contributed by atoms with Gasteiger partial charge in [-0.3, -0.25) is 0 Å². The summed E-state index contributed by atoms with van der Waals surface area (Å²) in [5.74, 6) is 1.78. The van der Waals surface area contributed by atoms with E-state index in [0.29, 0.717) is 11.8 Å². The third kappa shape index (κ3) is 2.09. The van der Waals surface area contributed by atoms with Crippen LogP contribution in [0, 0.1) is 5.92 Å².